The van der Waals surface area contributed by atoms with E-state index >= 15 is 0 Å². The Morgan fingerprint density at radius 3 is 2.71 bits per heavy atom. The molecule has 0 fully saturated rings. The first kappa shape index (κ1) is 15.0. The maximum atomic E-state index is 12.2. The number of methoxy groups -OCH3 is 1. The molecule has 0 aliphatic carbocycles. The Morgan fingerprint density at radius 2 is 2.10 bits per heavy atom. The highest BCUT2D eigenvalue weighted by atomic mass is 16.5. The molecule has 1 aromatic heterocycles. The minimum Gasteiger partial charge on any atom is -0.497 e. The van der Waals surface area contributed by atoms with E-state index in [9.17, 15) is 4.79 Å². The van der Waals surface area contributed by atoms with Crippen molar-refractivity contribution in [1.29, 1.82) is 0 Å². The molecule has 0 aliphatic heterocycles. The summed E-state index contributed by atoms with van der Waals surface area (Å²) < 4.78 is 6.90. The molecule has 1 atom stereocenters. The van der Waals surface area contributed by atoms with Crippen LogP contribution in [0.25, 0.3) is 0 Å². The van der Waals surface area contributed by atoms with Crippen LogP contribution in [-0.2, 0) is 6.54 Å². The van der Waals surface area contributed by atoms with E-state index in [2.05, 4.69) is 22.3 Å². The smallest absolute Gasteiger partial charge is 0.251 e. The molecule has 0 aliphatic rings. The van der Waals surface area contributed by atoms with Gasteiger partial charge in [-0.2, -0.15) is 5.10 Å². The summed E-state index contributed by atoms with van der Waals surface area (Å²) in [5.41, 5.74) is 0.587. The number of aromatic nitrogens is 3. The van der Waals surface area contributed by atoms with Crippen molar-refractivity contribution in [1.82, 2.24) is 20.1 Å². The van der Waals surface area contributed by atoms with E-state index in [-0.39, 0.29) is 11.9 Å². The van der Waals surface area contributed by atoms with Crippen molar-refractivity contribution in [2.45, 2.75) is 32.9 Å². The molecular formula is C15H20N4O2. The van der Waals surface area contributed by atoms with E-state index in [1.807, 2.05) is 11.6 Å². The van der Waals surface area contributed by atoms with Crippen LogP contribution < -0.4 is 10.1 Å². The molecule has 0 radical (unpaired) electrons. The lowest BCUT2D eigenvalue weighted by Gasteiger charge is -2.14. The minimum absolute atomic E-state index is 0.142. The predicted molar refractivity (Wildman–Crippen MR) is 79.2 cm³/mol. The Hall–Kier alpha value is -2.37. The van der Waals surface area contributed by atoms with Crippen LogP contribution in [0.4, 0.5) is 0 Å². The topological polar surface area (TPSA) is 69.0 Å². The third kappa shape index (κ3) is 3.59. The van der Waals surface area contributed by atoms with E-state index < -0.39 is 0 Å². The molecule has 0 saturated carbocycles. The van der Waals surface area contributed by atoms with Gasteiger partial charge in [-0.25, -0.2) is 9.67 Å². The zero-order chi connectivity index (χ0) is 15.2. The Kier molecular flexibility index (Phi) is 4.92. The molecular weight excluding hydrogens is 268 g/mol. The van der Waals surface area contributed by atoms with E-state index in [0.29, 0.717) is 5.56 Å². The molecule has 21 heavy (non-hydrogen) atoms. The summed E-state index contributed by atoms with van der Waals surface area (Å²) in [4.78, 5) is 16.4. The zero-order valence-electron chi connectivity index (χ0n) is 12.5. The van der Waals surface area contributed by atoms with E-state index in [4.69, 9.17) is 4.74 Å². The largest absolute Gasteiger partial charge is 0.497 e. The first-order chi connectivity index (χ1) is 10.2. The number of nitrogens with zero attached hydrogens (tertiary/aromatic N) is 3. The quantitative estimate of drug-likeness (QED) is 0.884. The zero-order valence-corrected chi connectivity index (χ0v) is 12.5. The molecule has 1 aromatic carbocycles. The van der Waals surface area contributed by atoms with Crippen molar-refractivity contribution in [3.63, 3.8) is 0 Å². The lowest BCUT2D eigenvalue weighted by Crippen LogP contribution is -2.29. The van der Waals surface area contributed by atoms with Crippen LogP contribution in [0.2, 0.25) is 0 Å². The Bertz CT molecular complexity index is 592. The van der Waals surface area contributed by atoms with Crippen molar-refractivity contribution in [3.05, 3.63) is 42.0 Å². The van der Waals surface area contributed by atoms with Crippen molar-refractivity contribution in [2.24, 2.45) is 0 Å². The fourth-order valence-corrected chi connectivity index (χ4v) is 2.08. The van der Waals surface area contributed by atoms with E-state index in [1.165, 1.54) is 6.33 Å². The van der Waals surface area contributed by atoms with Gasteiger partial charge in [-0.15, -0.1) is 0 Å². The third-order valence-electron chi connectivity index (χ3n) is 3.17. The van der Waals surface area contributed by atoms with Crippen molar-refractivity contribution in [3.8, 4) is 5.75 Å². The van der Waals surface area contributed by atoms with Crippen LogP contribution in [0.3, 0.4) is 0 Å². The maximum absolute atomic E-state index is 12.2. The van der Waals surface area contributed by atoms with Gasteiger partial charge in [0.25, 0.3) is 5.91 Å². The first-order valence-corrected chi connectivity index (χ1v) is 6.98. The number of amides is 1. The second-order valence-electron chi connectivity index (χ2n) is 4.77. The van der Waals surface area contributed by atoms with Gasteiger partial charge in [-0.05, 0) is 37.6 Å². The normalized spacial score (nSPS) is 12.0. The maximum Gasteiger partial charge on any atom is 0.251 e. The summed E-state index contributed by atoms with van der Waals surface area (Å²) in [6, 6.07) is 6.79. The highest BCUT2D eigenvalue weighted by Crippen LogP contribution is 2.14. The van der Waals surface area contributed by atoms with Crippen LogP contribution >= 0.6 is 0 Å². The Morgan fingerprint density at radius 1 is 1.38 bits per heavy atom. The molecule has 0 unspecified atom stereocenters. The summed E-state index contributed by atoms with van der Waals surface area (Å²) in [6.45, 7) is 4.77. The second-order valence-corrected chi connectivity index (χ2v) is 4.77. The predicted octanol–water partition coefficient (Wildman–Crippen LogP) is 2.19. The molecule has 0 bridgehead atoms. The fraction of sp³-hybridized carbons (Fsp3) is 0.400. The van der Waals surface area contributed by atoms with Crippen molar-refractivity contribution in [2.75, 3.05) is 7.11 Å². The number of ether oxygens (including phenoxy) is 1. The average Bonchev–Trinajstić information content (AvgIpc) is 2.96. The number of hydrogen-bond donors (Lipinski definition) is 1. The highest BCUT2D eigenvalue weighted by molar-refractivity contribution is 5.94. The van der Waals surface area contributed by atoms with Crippen LogP contribution in [0.1, 0.15) is 42.5 Å². The van der Waals surface area contributed by atoms with Gasteiger partial charge in [0.1, 0.15) is 17.9 Å². The summed E-state index contributed by atoms with van der Waals surface area (Å²) in [5.74, 6) is 1.34. The van der Waals surface area contributed by atoms with E-state index in [1.54, 1.807) is 31.4 Å². The van der Waals surface area contributed by atoms with Crippen LogP contribution in [0.15, 0.2) is 30.6 Å². The van der Waals surface area contributed by atoms with Crippen LogP contribution in [0.5, 0.6) is 5.75 Å². The van der Waals surface area contributed by atoms with Crippen LogP contribution in [0, 0.1) is 0 Å². The number of aryl methyl sites for hydroxylation is 1. The Labute approximate surface area is 124 Å². The van der Waals surface area contributed by atoms with E-state index in [0.717, 1.165) is 24.5 Å². The molecule has 6 heteroatoms. The Balaban J connectivity index is 2.05. The van der Waals surface area contributed by atoms with Gasteiger partial charge >= 0.3 is 0 Å². The highest BCUT2D eigenvalue weighted by Gasteiger charge is 2.16. The molecule has 0 saturated heterocycles. The summed E-state index contributed by atoms with van der Waals surface area (Å²) in [5, 5.41) is 7.10. The number of hydrogen-bond acceptors (Lipinski definition) is 4. The minimum atomic E-state index is -0.200. The van der Waals surface area contributed by atoms with Gasteiger partial charge in [0.2, 0.25) is 0 Å². The lowest BCUT2D eigenvalue weighted by molar-refractivity contribution is 0.0937. The molecule has 1 N–H and O–H groups in total. The summed E-state index contributed by atoms with van der Waals surface area (Å²) in [7, 11) is 1.59. The molecule has 112 valence electrons. The first-order valence-electron chi connectivity index (χ1n) is 6.98. The summed E-state index contributed by atoms with van der Waals surface area (Å²) in [6.07, 6.45) is 2.48. The van der Waals surface area contributed by atoms with Gasteiger partial charge in [0, 0.05) is 12.1 Å². The molecule has 1 heterocycles. The molecule has 6 nitrogen and oxygen atoms in total. The van der Waals surface area contributed by atoms with Crippen molar-refractivity contribution < 1.29 is 9.53 Å². The second kappa shape index (κ2) is 6.88. The third-order valence-corrected chi connectivity index (χ3v) is 3.17. The number of rotatable bonds is 6. The molecule has 0 spiro atoms. The standard InChI is InChI=1S/C15H20N4O2/c1-4-9-19-14(16-10-17-19)11(2)18-15(20)12-5-7-13(21-3)8-6-12/h5-8,10-11H,4,9H2,1-3H3,(H,18,20)/t11-/m1/s1. The van der Waals surface area contributed by atoms with Gasteiger partial charge < -0.3 is 10.1 Å². The number of carbonyl (C=O) groups excluding carboxylic acids is 1. The van der Waals surface area contributed by atoms with Gasteiger partial charge in [-0.1, -0.05) is 6.92 Å². The SMILES string of the molecule is CCCn1ncnc1[C@@H](C)NC(=O)c1ccc(OC)cc1. The monoisotopic (exact) mass is 288 g/mol. The van der Waals surface area contributed by atoms with Crippen LogP contribution in [-0.4, -0.2) is 27.8 Å². The number of carbonyl (C=O) groups is 1. The fourth-order valence-electron chi connectivity index (χ4n) is 2.08. The number of benzene rings is 1. The number of nitrogens with one attached hydrogen (secondary N) is 1. The molecule has 2 aromatic rings. The summed E-state index contributed by atoms with van der Waals surface area (Å²) >= 11 is 0. The molecule has 1 amide bonds. The van der Waals surface area contributed by atoms with Gasteiger partial charge in [0.05, 0.1) is 13.2 Å². The van der Waals surface area contributed by atoms with Gasteiger partial charge in [0.15, 0.2) is 0 Å². The van der Waals surface area contributed by atoms with Gasteiger partial charge in [-0.3, -0.25) is 4.79 Å². The lowest BCUT2D eigenvalue weighted by atomic mass is 10.2. The molecule has 2 rings (SSSR count). The average molecular weight is 288 g/mol. The van der Waals surface area contributed by atoms with Crippen molar-refractivity contribution >= 4 is 5.91 Å².